The van der Waals surface area contributed by atoms with Gasteiger partial charge < -0.3 is 15.0 Å². The molecule has 2 aromatic rings. The summed E-state index contributed by atoms with van der Waals surface area (Å²) in [6, 6.07) is 8.47. The van der Waals surface area contributed by atoms with E-state index in [1.165, 1.54) is 11.1 Å². The maximum absolute atomic E-state index is 5.64. The quantitative estimate of drug-likeness (QED) is 0.326. The molecule has 0 aliphatic rings. The normalized spacial score (nSPS) is 11.4. The standard InChI is InChI=1S/C20H30N4OS.HI/c1-6-21-20(24(5)12-19-14-26-16(4)23-19)22-11-17-7-9-18(10-8-17)13-25-15(2)3;/h7-10,14-15H,6,11-13H2,1-5H3,(H,21,22);1H. The van der Waals surface area contributed by atoms with Crippen LogP contribution < -0.4 is 5.32 Å². The molecule has 0 bridgehead atoms. The number of nitrogens with one attached hydrogen (secondary N) is 1. The summed E-state index contributed by atoms with van der Waals surface area (Å²) in [7, 11) is 2.04. The Bertz CT molecular complexity index is 700. The number of aliphatic imine (C=N–C) groups is 1. The predicted molar refractivity (Wildman–Crippen MR) is 125 cm³/mol. The van der Waals surface area contributed by atoms with Crippen LogP contribution in [0.15, 0.2) is 34.6 Å². The fourth-order valence-corrected chi connectivity index (χ4v) is 3.04. The van der Waals surface area contributed by atoms with Gasteiger partial charge in [-0.1, -0.05) is 24.3 Å². The highest BCUT2D eigenvalue weighted by molar-refractivity contribution is 14.0. The second-order valence-electron chi connectivity index (χ2n) is 6.56. The number of guanidine groups is 1. The van der Waals surface area contributed by atoms with Gasteiger partial charge in [-0.15, -0.1) is 35.3 Å². The van der Waals surface area contributed by atoms with Crippen LogP contribution >= 0.6 is 35.3 Å². The SMILES string of the molecule is CCNC(=NCc1ccc(COC(C)C)cc1)N(C)Cc1csc(C)n1.I. The van der Waals surface area contributed by atoms with Gasteiger partial charge in [-0.3, -0.25) is 0 Å². The molecule has 2 rings (SSSR count). The molecular weight excluding hydrogens is 471 g/mol. The fraction of sp³-hybridized carbons (Fsp3) is 0.500. The van der Waals surface area contributed by atoms with Crippen LogP contribution in [0.3, 0.4) is 0 Å². The molecule has 0 saturated heterocycles. The van der Waals surface area contributed by atoms with Crippen molar-refractivity contribution in [3.05, 3.63) is 51.5 Å². The first-order chi connectivity index (χ1) is 12.5. The van der Waals surface area contributed by atoms with Gasteiger partial charge in [0.15, 0.2) is 5.96 Å². The Labute approximate surface area is 184 Å². The lowest BCUT2D eigenvalue weighted by atomic mass is 10.1. The fourth-order valence-electron chi connectivity index (χ4n) is 2.44. The second-order valence-corrected chi connectivity index (χ2v) is 7.62. The van der Waals surface area contributed by atoms with Crippen LogP contribution in [0.25, 0.3) is 0 Å². The van der Waals surface area contributed by atoms with Gasteiger partial charge in [0.25, 0.3) is 0 Å². The molecule has 5 nitrogen and oxygen atoms in total. The summed E-state index contributed by atoms with van der Waals surface area (Å²) in [6.45, 7) is 11.1. The van der Waals surface area contributed by atoms with Crippen LogP contribution in [0.2, 0.25) is 0 Å². The summed E-state index contributed by atoms with van der Waals surface area (Å²) in [5, 5.41) is 6.55. The molecule has 150 valence electrons. The van der Waals surface area contributed by atoms with E-state index in [-0.39, 0.29) is 30.1 Å². The van der Waals surface area contributed by atoms with Crippen LogP contribution in [0.1, 0.15) is 42.6 Å². The number of halogens is 1. The number of rotatable bonds is 8. The molecule has 1 heterocycles. The summed E-state index contributed by atoms with van der Waals surface area (Å²) < 4.78 is 5.64. The molecule has 0 aliphatic heterocycles. The minimum Gasteiger partial charge on any atom is -0.374 e. The molecule has 0 radical (unpaired) electrons. The molecule has 1 N–H and O–H groups in total. The monoisotopic (exact) mass is 502 g/mol. The Hall–Kier alpha value is -1.19. The number of hydrogen-bond donors (Lipinski definition) is 1. The number of aryl methyl sites for hydroxylation is 1. The van der Waals surface area contributed by atoms with E-state index in [1.54, 1.807) is 11.3 Å². The molecule has 0 atom stereocenters. The summed E-state index contributed by atoms with van der Waals surface area (Å²) >= 11 is 1.68. The van der Waals surface area contributed by atoms with Crippen molar-refractivity contribution in [3.63, 3.8) is 0 Å². The van der Waals surface area contributed by atoms with Crippen molar-refractivity contribution in [2.24, 2.45) is 4.99 Å². The van der Waals surface area contributed by atoms with Gasteiger partial charge in [-0.25, -0.2) is 9.98 Å². The smallest absolute Gasteiger partial charge is 0.194 e. The maximum atomic E-state index is 5.64. The number of nitrogens with zero attached hydrogens (tertiary/aromatic N) is 3. The van der Waals surface area contributed by atoms with Crippen molar-refractivity contribution in [2.45, 2.75) is 53.5 Å². The van der Waals surface area contributed by atoms with Crippen molar-refractivity contribution < 1.29 is 4.74 Å². The van der Waals surface area contributed by atoms with E-state index in [2.05, 4.69) is 65.6 Å². The minimum atomic E-state index is 0. The van der Waals surface area contributed by atoms with Crippen LogP contribution in [-0.4, -0.2) is 35.5 Å². The van der Waals surface area contributed by atoms with E-state index < -0.39 is 0 Å². The topological polar surface area (TPSA) is 49.8 Å². The average molecular weight is 502 g/mol. The highest BCUT2D eigenvalue weighted by Gasteiger charge is 2.08. The van der Waals surface area contributed by atoms with Gasteiger partial charge in [0.1, 0.15) is 0 Å². The second kappa shape index (κ2) is 12.3. The largest absolute Gasteiger partial charge is 0.374 e. The Morgan fingerprint density at radius 3 is 2.48 bits per heavy atom. The molecule has 27 heavy (non-hydrogen) atoms. The molecule has 0 unspecified atom stereocenters. The zero-order chi connectivity index (χ0) is 18.9. The van der Waals surface area contributed by atoms with Crippen LogP contribution in [0, 0.1) is 6.92 Å². The molecule has 1 aromatic heterocycles. The van der Waals surface area contributed by atoms with Crippen molar-refractivity contribution in [1.29, 1.82) is 0 Å². The van der Waals surface area contributed by atoms with Crippen molar-refractivity contribution in [2.75, 3.05) is 13.6 Å². The lowest BCUT2D eigenvalue weighted by Crippen LogP contribution is -2.38. The number of benzene rings is 1. The molecule has 0 amide bonds. The molecule has 0 fully saturated rings. The third kappa shape index (κ3) is 8.57. The first-order valence-electron chi connectivity index (χ1n) is 9.07. The van der Waals surface area contributed by atoms with E-state index in [0.29, 0.717) is 13.2 Å². The molecule has 0 spiro atoms. The predicted octanol–water partition coefficient (Wildman–Crippen LogP) is 4.59. The molecule has 0 aliphatic carbocycles. The van der Waals surface area contributed by atoms with Gasteiger partial charge in [0, 0.05) is 19.0 Å². The minimum absolute atomic E-state index is 0. The van der Waals surface area contributed by atoms with Crippen LogP contribution in [0.5, 0.6) is 0 Å². The summed E-state index contributed by atoms with van der Waals surface area (Å²) in [4.78, 5) is 11.4. The molecule has 7 heteroatoms. The highest BCUT2D eigenvalue weighted by atomic mass is 127. The third-order valence-corrected chi connectivity index (χ3v) is 4.60. The highest BCUT2D eigenvalue weighted by Crippen LogP contribution is 2.11. The van der Waals surface area contributed by atoms with E-state index >= 15 is 0 Å². The zero-order valence-corrected chi connectivity index (χ0v) is 20.0. The van der Waals surface area contributed by atoms with E-state index in [9.17, 15) is 0 Å². The van der Waals surface area contributed by atoms with Crippen molar-refractivity contribution in [3.8, 4) is 0 Å². The maximum Gasteiger partial charge on any atom is 0.194 e. The Kier molecular flexibility index (Phi) is 10.9. The Morgan fingerprint density at radius 1 is 1.26 bits per heavy atom. The number of aromatic nitrogens is 1. The van der Waals surface area contributed by atoms with Crippen molar-refractivity contribution >= 4 is 41.3 Å². The summed E-state index contributed by atoms with van der Waals surface area (Å²) in [6.07, 6.45) is 0.249. The van der Waals surface area contributed by atoms with Gasteiger partial charge >= 0.3 is 0 Å². The van der Waals surface area contributed by atoms with E-state index in [4.69, 9.17) is 9.73 Å². The van der Waals surface area contributed by atoms with Crippen molar-refractivity contribution in [1.82, 2.24) is 15.2 Å². The van der Waals surface area contributed by atoms with E-state index in [0.717, 1.165) is 29.8 Å². The lowest BCUT2D eigenvalue weighted by Gasteiger charge is -2.21. The summed E-state index contributed by atoms with van der Waals surface area (Å²) in [5.74, 6) is 0.894. The van der Waals surface area contributed by atoms with Gasteiger partial charge in [-0.05, 0) is 38.8 Å². The molecular formula is C20H31IN4OS. The van der Waals surface area contributed by atoms with E-state index in [1.807, 2.05) is 14.0 Å². The average Bonchev–Trinajstić information content (AvgIpc) is 3.02. The first-order valence-corrected chi connectivity index (χ1v) is 9.95. The lowest BCUT2D eigenvalue weighted by molar-refractivity contribution is 0.0657. The first kappa shape index (κ1) is 23.8. The number of hydrogen-bond acceptors (Lipinski definition) is 4. The summed E-state index contributed by atoms with van der Waals surface area (Å²) in [5.41, 5.74) is 3.45. The molecule has 0 saturated carbocycles. The zero-order valence-electron chi connectivity index (χ0n) is 16.9. The number of thiazole rings is 1. The molecule has 1 aromatic carbocycles. The van der Waals surface area contributed by atoms with Gasteiger partial charge in [-0.2, -0.15) is 0 Å². The Balaban J connectivity index is 0.00000364. The van der Waals surface area contributed by atoms with Gasteiger partial charge in [0.05, 0.1) is 36.5 Å². The third-order valence-electron chi connectivity index (χ3n) is 3.78. The van der Waals surface area contributed by atoms with Crippen LogP contribution in [0.4, 0.5) is 0 Å². The number of ether oxygens (including phenoxy) is 1. The van der Waals surface area contributed by atoms with Crippen LogP contribution in [-0.2, 0) is 24.4 Å². The van der Waals surface area contributed by atoms with Gasteiger partial charge in [0.2, 0.25) is 0 Å². The Morgan fingerprint density at radius 2 is 1.93 bits per heavy atom.